The minimum Gasteiger partial charge on any atom is -0.391 e. The van der Waals surface area contributed by atoms with Crippen molar-refractivity contribution in [3.05, 3.63) is 54.1 Å². The van der Waals surface area contributed by atoms with Crippen LogP contribution in [0.2, 0.25) is 0 Å². The van der Waals surface area contributed by atoms with E-state index in [1.54, 1.807) is 37.3 Å². The molecule has 2 rings (SSSR count). The first kappa shape index (κ1) is 18.9. The molecule has 5 N–H and O–H groups in total. The monoisotopic (exact) mass is 363 g/mol. The van der Waals surface area contributed by atoms with Gasteiger partial charge in [0, 0.05) is 5.69 Å². The number of carbonyl (C=O) groups excluding carboxylic acids is 1. The molecule has 1 amide bonds. The lowest BCUT2D eigenvalue weighted by Gasteiger charge is -2.17. The van der Waals surface area contributed by atoms with Gasteiger partial charge in [0.1, 0.15) is 6.04 Å². The van der Waals surface area contributed by atoms with Crippen molar-refractivity contribution < 1.29 is 18.3 Å². The van der Waals surface area contributed by atoms with Crippen LogP contribution in [-0.2, 0) is 14.8 Å². The predicted octanol–water partition coefficient (Wildman–Crippen LogP) is 1.44. The standard InChI is InChI=1S/C17H21N3O4S/c1-11-8-9-13(10-15(11)19-17(22)16(18)12(2)21)20-25(23,24)14-6-4-3-5-7-14/h3-10,12,16,20-21H,18H2,1-2H3,(H,19,22). The van der Waals surface area contributed by atoms with E-state index in [1.165, 1.54) is 25.1 Å². The molecule has 0 spiro atoms. The Hall–Kier alpha value is -2.42. The molecule has 0 saturated carbocycles. The van der Waals surface area contributed by atoms with E-state index in [-0.39, 0.29) is 4.90 Å². The SMILES string of the molecule is Cc1ccc(NS(=O)(=O)c2ccccc2)cc1NC(=O)C(N)C(C)O. The first-order valence-electron chi connectivity index (χ1n) is 7.64. The molecule has 2 aromatic rings. The number of anilines is 2. The molecule has 0 aliphatic rings. The average molecular weight is 363 g/mol. The third kappa shape index (κ3) is 4.79. The zero-order chi connectivity index (χ0) is 18.6. The molecule has 0 aliphatic heterocycles. The third-order valence-corrected chi connectivity index (χ3v) is 5.02. The molecule has 25 heavy (non-hydrogen) atoms. The van der Waals surface area contributed by atoms with Gasteiger partial charge in [0.25, 0.3) is 10.0 Å². The van der Waals surface area contributed by atoms with Gasteiger partial charge >= 0.3 is 0 Å². The van der Waals surface area contributed by atoms with Crippen molar-refractivity contribution in [2.24, 2.45) is 5.73 Å². The molecule has 0 radical (unpaired) electrons. The third-order valence-electron chi connectivity index (χ3n) is 3.62. The Morgan fingerprint density at radius 2 is 1.80 bits per heavy atom. The second-order valence-corrected chi connectivity index (χ2v) is 7.39. The van der Waals surface area contributed by atoms with Crippen LogP contribution in [0, 0.1) is 6.92 Å². The van der Waals surface area contributed by atoms with Crippen LogP contribution in [0.15, 0.2) is 53.4 Å². The highest BCUT2D eigenvalue weighted by Gasteiger charge is 2.20. The fourth-order valence-electron chi connectivity index (χ4n) is 2.07. The van der Waals surface area contributed by atoms with Gasteiger partial charge in [-0.3, -0.25) is 9.52 Å². The van der Waals surface area contributed by atoms with Gasteiger partial charge in [-0.1, -0.05) is 24.3 Å². The number of hydrogen-bond donors (Lipinski definition) is 4. The number of amides is 1. The summed E-state index contributed by atoms with van der Waals surface area (Å²) in [5.41, 5.74) is 7.04. The maximum absolute atomic E-state index is 12.4. The molecule has 0 saturated heterocycles. The molecule has 7 nitrogen and oxygen atoms in total. The number of aliphatic hydroxyl groups excluding tert-OH is 1. The molecular weight excluding hydrogens is 342 g/mol. The maximum Gasteiger partial charge on any atom is 0.261 e. The van der Waals surface area contributed by atoms with E-state index in [1.807, 2.05) is 0 Å². The van der Waals surface area contributed by atoms with E-state index in [9.17, 15) is 18.3 Å². The summed E-state index contributed by atoms with van der Waals surface area (Å²) in [7, 11) is -3.73. The summed E-state index contributed by atoms with van der Waals surface area (Å²) < 4.78 is 27.2. The van der Waals surface area contributed by atoms with Crippen molar-refractivity contribution in [3.63, 3.8) is 0 Å². The summed E-state index contributed by atoms with van der Waals surface area (Å²) in [6.45, 7) is 3.18. The number of nitrogens with two attached hydrogens (primary N) is 1. The van der Waals surface area contributed by atoms with Gasteiger partial charge < -0.3 is 16.2 Å². The van der Waals surface area contributed by atoms with Gasteiger partial charge in [-0.25, -0.2) is 8.42 Å². The minimum absolute atomic E-state index is 0.136. The first-order valence-corrected chi connectivity index (χ1v) is 9.12. The Morgan fingerprint density at radius 3 is 2.40 bits per heavy atom. The number of hydrogen-bond acceptors (Lipinski definition) is 5. The topological polar surface area (TPSA) is 122 Å². The number of carbonyl (C=O) groups is 1. The van der Waals surface area contributed by atoms with Crippen molar-refractivity contribution in [2.75, 3.05) is 10.0 Å². The van der Waals surface area contributed by atoms with Gasteiger partial charge in [-0.05, 0) is 43.7 Å². The van der Waals surface area contributed by atoms with Crippen LogP contribution < -0.4 is 15.8 Å². The molecule has 0 bridgehead atoms. The van der Waals surface area contributed by atoms with Crippen LogP contribution in [0.1, 0.15) is 12.5 Å². The maximum atomic E-state index is 12.4. The molecule has 0 aromatic heterocycles. The van der Waals surface area contributed by atoms with E-state index in [4.69, 9.17) is 5.73 Å². The van der Waals surface area contributed by atoms with Gasteiger partial charge in [-0.2, -0.15) is 0 Å². The van der Waals surface area contributed by atoms with Gasteiger partial charge in [0.15, 0.2) is 0 Å². The number of nitrogens with one attached hydrogen (secondary N) is 2. The molecule has 2 atom stereocenters. The van der Waals surface area contributed by atoms with Crippen molar-refractivity contribution in [1.82, 2.24) is 0 Å². The molecule has 0 heterocycles. The Balaban J connectivity index is 2.23. The number of benzene rings is 2. The number of sulfonamides is 1. The van der Waals surface area contributed by atoms with Gasteiger partial charge in [-0.15, -0.1) is 0 Å². The second-order valence-electron chi connectivity index (χ2n) is 5.70. The van der Waals surface area contributed by atoms with Crippen LogP contribution in [0.3, 0.4) is 0 Å². The van der Waals surface area contributed by atoms with E-state index >= 15 is 0 Å². The van der Waals surface area contributed by atoms with Crippen LogP contribution >= 0.6 is 0 Å². The number of aliphatic hydroxyl groups is 1. The van der Waals surface area contributed by atoms with Crippen LogP contribution in [0.25, 0.3) is 0 Å². The smallest absolute Gasteiger partial charge is 0.261 e. The Kier molecular flexibility index (Phi) is 5.78. The number of rotatable bonds is 6. The first-order chi connectivity index (χ1) is 11.7. The van der Waals surface area contributed by atoms with Crippen molar-refractivity contribution in [1.29, 1.82) is 0 Å². The molecule has 8 heteroatoms. The minimum atomic E-state index is -3.73. The number of aryl methyl sites for hydroxylation is 1. The lowest BCUT2D eigenvalue weighted by molar-refractivity contribution is -0.119. The molecule has 2 aromatic carbocycles. The summed E-state index contributed by atoms with van der Waals surface area (Å²) in [5.74, 6) is -0.554. The van der Waals surface area contributed by atoms with E-state index < -0.39 is 28.1 Å². The summed E-state index contributed by atoms with van der Waals surface area (Å²) in [6, 6.07) is 11.7. The molecule has 2 unspecified atom stereocenters. The van der Waals surface area contributed by atoms with E-state index in [0.29, 0.717) is 11.4 Å². The normalized spacial score (nSPS) is 13.8. The van der Waals surface area contributed by atoms with Gasteiger partial charge in [0.2, 0.25) is 5.91 Å². The highest BCUT2D eigenvalue weighted by atomic mass is 32.2. The molecule has 134 valence electrons. The Bertz CT molecular complexity index is 851. The van der Waals surface area contributed by atoms with E-state index in [2.05, 4.69) is 10.0 Å². The molecule has 0 aliphatic carbocycles. The molecular formula is C17H21N3O4S. The fraction of sp³-hybridized carbons (Fsp3) is 0.235. The largest absolute Gasteiger partial charge is 0.391 e. The van der Waals surface area contributed by atoms with E-state index in [0.717, 1.165) is 5.56 Å². The zero-order valence-corrected chi connectivity index (χ0v) is 14.7. The van der Waals surface area contributed by atoms with Crippen LogP contribution in [0.4, 0.5) is 11.4 Å². The van der Waals surface area contributed by atoms with Crippen LogP contribution in [-0.4, -0.2) is 31.6 Å². The van der Waals surface area contributed by atoms with Crippen molar-refractivity contribution in [3.8, 4) is 0 Å². The highest BCUT2D eigenvalue weighted by molar-refractivity contribution is 7.92. The lowest BCUT2D eigenvalue weighted by atomic mass is 10.1. The highest BCUT2D eigenvalue weighted by Crippen LogP contribution is 2.23. The Labute approximate surface area is 146 Å². The summed E-state index contributed by atoms with van der Waals surface area (Å²) in [4.78, 5) is 12.1. The summed E-state index contributed by atoms with van der Waals surface area (Å²) >= 11 is 0. The fourth-order valence-corrected chi connectivity index (χ4v) is 3.14. The lowest BCUT2D eigenvalue weighted by Crippen LogP contribution is -2.43. The van der Waals surface area contributed by atoms with Crippen molar-refractivity contribution >= 4 is 27.3 Å². The zero-order valence-electron chi connectivity index (χ0n) is 13.9. The average Bonchev–Trinajstić information content (AvgIpc) is 2.57. The Morgan fingerprint density at radius 1 is 1.16 bits per heavy atom. The van der Waals surface area contributed by atoms with Crippen LogP contribution in [0.5, 0.6) is 0 Å². The second kappa shape index (κ2) is 7.64. The summed E-state index contributed by atoms with van der Waals surface area (Å²) in [5, 5.41) is 12.0. The molecule has 0 fully saturated rings. The quantitative estimate of drug-likeness (QED) is 0.619. The van der Waals surface area contributed by atoms with Gasteiger partial charge in [0.05, 0.1) is 16.7 Å². The summed E-state index contributed by atoms with van der Waals surface area (Å²) in [6.07, 6.45) is -1.000. The van der Waals surface area contributed by atoms with Crippen molar-refractivity contribution in [2.45, 2.75) is 30.9 Å². The predicted molar refractivity (Wildman–Crippen MR) is 96.7 cm³/mol.